The van der Waals surface area contributed by atoms with Gasteiger partial charge >= 0.3 is 0 Å². The molecule has 20 aromatic rings. The van der Waals surface area contributed by atoms with Gasteiger partial charge in [0.15, 0.2) is 58.9 Å². The van der Waals surface area contributed by atoms with Crippen molar-refractivity contribution in [2.45, 2.75) is 124 Å². The van der Waals surface area contributed by atoms with Crippen molar-refractivity contribution in [2.75, 3.05) is 0 Å². The van der Waals surface area contributed by atoms with Crippen LogP contribution in [-0.2, 0) is 35.2 Å². The molecule has 0 fully saturated rings. The molecule has 20 rings (SSSR count). The van der Waals surface area contributed by atoms with Gasteiger partial charge in [0.2, 0.25) is 57.0 Å². The minimum absolute atomic E-state index is 0.486. The van der Waals surface area contributed by atoms with Crippen LogP contribution in [0.1, 0.15) is 109 Å². The van der Waals surface area contributed by atoms with Gasteiger partial charge in [0.1, 0.15) is 35.2 Å². The van der Waals surface area contributed by atoms with Crippen molar-refractivity contribution in [3.8, 4) is 56.3 Å². The molecule has 0 unspecified atom stereocenters. The first-order valence-electron chi connectivity index (χ1n) is 40.4. The average molecular weight is 1560 g/mol. The molecule has 0 amide bonds. The van der Waals surface area contributed by atoms with E-state index in [-0.39, 0.29) is 0 Å². The van der Waals surface area contributed by atoms with Crippen LogP contribution in [0.3, 0.4) is 0 Å². The van der Waals surface area contributed by atoms with Crippen LogP contribution in [0.15, 0.2) is 229 Å². The maximum Gasteiger partial charge on any atom is 0.227 e. The zero-order valence-corrected chi connectivity index (χ0v) is 71.7. The molecule has 15 heterocycles. The topological polar surface area (TPSA) is 150 Å². The van der Waals surface area contributed by atoms with E-state index in [4.69, 9.17) is 22.1 Å². The Labute approximate surface area is 687 Å². The quantitative estimate of drug-likeness (QED) is 0.147. The first-order chi connectivity index (χ1) is 56.5. The van der Waals surface area contributed by atoms with Crippen molar-refractivity contribution in [2.24, 2.45) is 35.2 Å². The Kier molecular flexibility index (Phi) is 20.8. The van der Waals surface area contributed by atoms with Crippen molar-refractivity contribution in [1.29, 1.82) is 0 Å². The molecular weight excluding hydrogens is 1460 g/mol. The largest absolute Gasteiger partial charge is 0.437 e. The SMILES string of the molecule is Cc1ccc(-c2c(C)cc(C)c3c2oc2nc(C)ccc23)[n+](C)c1.Cc1ccc(-c2c(C)ccc3c2oc2nc(C)ccc23)[n+](C)c1.Cc1ccc2c(n1)oc1c(-c3cc(C(C)C)cc[n+]3C)c(C)ccc12.Cc1ccc2c(n1)oc1c(-c3cc(C)c(C)c[n+]3C)c(C)ccc12.Cc1ccc2c(n1)oc1c(-c3cccc[n+]3C)c(C)ccc12. The number of nitrogens with zero attached hydrogens (tertiary/aromatic N) is 10. The molecular formula is C103H101N10O5+5. The van der Waals surface area contributed by atoms with Gasteiger partial charge in [-0.15, -0.1) is 0 Å². The lowest BCUT2D eigenvalue weighted by Crippen LogP contribution is -2.31. The van der Waals surface area contributed by atoms with Crippen molar-refractivity contribution in [1.82, 2.24) is 24.9 Å². The summed E-state index contributed by atoms with van der Waals surface area (Å²) in [5, 5.41) is 11.0. The first-order valence-corrected chi connectivity index (χ1v) is 40.4. The lowest BCUT2D eigenvalue weighted by Gasteiger charge is -2.09. The lowest BCUT2D eigenvalue weighted by atomic mass is 9.97. The molecule has 0 saturated carbocycles. The molecule has 0 bridgehead atoms. The Morgan fingerprint density at radius 1 is 0.246 bits per heavy atom. The summed E-state index contributed by atoms with van der Waals surface area (Å²) in [6.45, 7) is 35.7. The smallest absolute Gasteiger partial charge is 0.227 e. The molecule has 15 aromatic heterocycles. The fourth-order valence-corrected chi connectivity index (χ4v) is 16.6. The fourth-order valence-electron chi connectivity index (χ4n) is 16.6. The minimum Gasteiger partial charge on any atom is -0.437 e. The molecule has 15 heteroatoms. The monoisotopic (exact) mass is 1560 g/mol. The van der Waals surface area contributed by atoms with Crippen LogP contribution < -0.4 is 22.8 Å². The number of fused-ring (bicyclic) bond motifs is 15. The molecule has 5 aromatic carbocycles. The van der Waals surface area contributed by atoms with Gasteiger partial charge in [0.25, 0.3) is 0 Å². The predicted octanol–water partition coefficient (Wildman–Crippen LogP) is 23.1. The van der Waals surface area contributed by atoms with Gasteiger partial charge in [-0.2, -0.15) is 0 Å². The second-order valence-electron chi connectivity index (χ2n) is 32.5. The lowest BCUT2D eigenvalue weighted by molar-refractivity contribution is -0.660. The van der Waals surface area contributed by atoms with Crippen molar-refractivity contribution < 1.29 is 44.9 Å². The summed E-state index contributed by atoms with van der Waals surface area (Å²) >= 11 is 0. The van der Waals surface area contributed by atoms with Gasteiger partial charge < -0.3 is 22.1 Å². The third-order valence-electron chi connectivity index (χ3n) is 23.0. The van der Waals surface area contributed by atoms with Crippen LogP contribution in [-0.4, -0.2) is 24.9 Å². The van der Waals surface area contributed by atoms with Crippen molar-refractivity contribution >= 4 is 110 Å². The normalized spacial score (nSPS) is 11.6. The van der Waals surface area contributed by atoms with Crippen molar-refractivity contribution in [3.05, 3.63) is 297 Å². The summed E-state index contributed by atoms with van der Waals surface area (Å²) < 4.78 is 41.7. The molecule has 0 spiro atoms. The van der Waals surface area contributed by atoms with E-state index in [9.17, 15) is 0 Å². The molecule has 0 aliphatic heterocycles. The summed E-state index contributed by atoms with van der Waals surface area (Å²) in [5.41, 5.74) is 38.1. The third-order valence-corrected chi connectivity index (χ3v) is 23.0. The number of pyridine rings is 10. The number of aryl methyl sites for hydroxylation is 20. The Morgan fingerprint density at radius 2 is 0.576 bits per heavy atom. The standard InChI is InChI=1S/C22H23N2O.2C21H21N2O.C20H19N2O.C19H17N2O/c1-13(2)16-10-11-24(5)19(12-16)20-14(3)6-8-17-18-9-7-15(4)23-22(18)25-21(17)20;1-12-6-9-17(23(5)11-12)19-14(3)10-13(2)18-16-8-7-15(4)22-21(16)24-20(18)19;1-12-6-8-16-17-9-7-15(4)22-21(17)24-20(16)19(12)18-10-13(2)14(3)11-23(18)5;1-12-5-10-17(22(4)11-12)18-13(2)6-8-15-16-9-7-14(3)21-20(16)23-19(15)18;1-12-7-9-14-15-10-8-13(2)20-19(15)22-18(14)17(12)16-6-4-5-11-21(16)3/h6-13H,1-5H3;2*6-11H,1-5H3;5-11H,1-4H3;4-11H,1-3H3/q5*+1. The van der Waals surface area contributed by atoms with Gasteiger partial charge in [-0.25, -0.2) is 47.8 Å². The van der Waals surface area contributed by atoms with Crippen LogP contribution in [0.5, 0.6) is 0 Å². The maximum atomic E-state index is 6.24. The minimum atomic E-state index is 0.486. The van der Waals surface area contributed by atoms with E-state index in [1.54, 1.807) is 0 Å². The first kappa shape index (κ1) is 78.5. The molecule has 0 N–H and O–H groups in total. The molecule has 15 nitrogen and oxygen atoms in total. The van der Waals surface area contributed by atoms with E-state index < -0.39 is 0 Å². The maximum absolute atomic E-state index is 6.24. The zero-order valence-electron chi connectivity index (χ0n) is 71.7. The van der Waals surface area contributed by atoms with Crippen molar-refractivity contribution in [3.63, 3.8) is 0 Å². The molecule has 588 valence electrons. The fraction of sp³-hybridized carbons (Fsp3) is 0.223. The van der Waals surface area contributed by atoms with Crippen LogP contribution in [0.2, 0.25) is 0 Å². The van der Waals surface area contributed by atoms with E-state index in [1.165, 1.54) is 72.3 Å². The number of furan rings is 5. The van der Waals surface area contributed by atoms with Gasteiger partial charge in [0, 0.05) is 141 Å². The highest BCUT2D eigenvalue weighted by molar-refractivity contribution is 6.13. The molecule has 0 saturated heterocycles. The summed E-state index contributed by atoms with van der Waals surface area (Å²) in [7, 11) is 10.4. The predicted molar refractivity (Wildman–Crippen MR) is 476 cm³/mol. The van der Waals surface area contributed by atoms with E-state index in [1.807, 2.05) is 71.0 Å². The van der Waals surface area contributed by atoms with E-state index in [0.29, 0.717) is 28.8 Å². The number of hydrogen-bond donors (Lipinski definition) is 0. The Morgan fingerprint density at radius 3 is 0.966 bits per heavy atom. The van der Waals surface area contributed by atoms with Gasteiger partial charge in [-0.1, -0.05) is 68.4 Å². The van der Waals surface area contributed by atoms with Gasteiger partial charge in [-0.05, 0) is 233 Å². The van der Waals surface area contributed by atoms with E-state index in [2.05, 4.69) is 337 Å². The molecule has 0 atom stereocenters. The molecule has 118 heavy (non-hydrogen) atoms. The summed E-state index contributed by atoms with van der Waals surface area (Å²) in [4.78, 5) is 22.8. The highest BCUT2D eigenvalue weighted by Crippen LogP contribution is 2.43. The Hall–Kier alpha value is -13.4. The molecule has 0 aliphatic rings. The number of benzene rings is 5. The number of hydrogen-bond acceptors (Lipinski definition) is 10. The second kappa shape index (κ2) is 31.3. The zero-order chi connectivity index (χ0) is 83.1. The van der Waals surface area contributed by atoms with Crippen LogP contribution in [0.25, 0.3) is 167 Å². The second-order valence-corrected chi connectivity index (χ2v) is 32.5. The highest BCUT2D eigenvalue weighted by atomic mass is 16.4. The number of aromatic nitrogens is 10. The Bertz CT molecular complexity index is 7430. The number of rotatable bonds is 6. The van der Waals surface area contributed by atoms with Crippen LogP contribution in [0, 0.1) is 104 Å². The Balaban J connectivity index is 0.000000110. The molecule has 0 aliphatic carbocycles. The summed E-state index contributed by atoms with van der Waals surface area (Å²) in [5.74, 6) is 0.486. The van der Waals surface area contributed by atoms with Crippen LogP contribution >= 0.6 is 0 Å². The molecule has 0 radical (unpaired) electrons. The van der Waals surface area contributed by atoms with E-state index >= 15 is 0 Å². The average Bonchev–Trinajstić information content (AvgIpc) is 1.61. The summed E-state index contributed by atoms with van der Waals surface area (Å²) in [6.07, 6.45) is 10.6. The van der Waals surface area contributed by atoms with E-state index in [0.717, 1.165) is 161 Å². The summed E-state index contributed by atoms with van der Waals surface area (Å²) in [6, 6.07) is 61.6. The van der Waals surface area contributed by atoms with Gasteiger partial charge in [-0.3, -0.25) is 0 Å². The highest BCUT2D eigenvalue weighted by Gasteiger charge is 2.28. The third kappa shape index (κ3) is 14.6. The van der Waals surface area contributed by atoms with Gasteiger partial charge in [0.05, 0.1) is 27.8 Å². The van der Waals surface area contributed by atoms with Crippen LogP contribution in [0.4, 0.5) is 0 Å².